The molecule has 0 N–H and O–H groups in total. The summed E-state index contributed by atoms with van der Waals surface area (Å²) >= 11 is 0. The number of hydrogen-bond donors (Lipinski definition) is 0. The molecule has 124 valence electrons. The van der Waals surface area contributed by atoms with E-state index >= 15 is 0 Å². The molecular weight excluding hydrogens is 300 g/mol. The van der Waals surface area contributed by atoms with Gasteiger partial charge in [-0.05, 0) is 36.5 Å². The summed E-state index contributed by atoms with van der Waals surface area (Å²) in [6.07, 6.45) is 6.89. The highest BCUT2D eigenvalue weighted by Crippen LogP contribution is 2.24. The second-order valence-corrected chi connectivity index (χ2v) is 7.53. The van der Waals surface area contributed by atoms with Crippen LogP contribution >= 0.6 is 0 Å². The van der Waals surface area contributed by atoms with Crippen molar-refractivity contribution in [1.82, 2.24) is 0 Å². The third-order valence-electron chi connectivity index (χ3n) is 3.77. The van der Waals surface area contributed by atoms with Gasteiger partial charge in [-0.25, -0.2) is 13.2 Å². The first-order valence-electron chi connectivity index (χ1n) is 7.79. The number of methoxy groups -OCH3 is 1. The van der Waals surface area contributed by atoms with Crippen molar-refractivity contribution in [1.29, 1.82) is 0 Å². The van der Waals surface area contributed by atoms with Gasteiger partial charge in [0.15, 0.2) is 9.84 Å². The van der Waals surface area contributed by atoms with Crippen molar-refractivity contribution in [3.8, 4) is 0 Å². The van der Waals surface area contributed by atoms with Gasteiger partial charge in [0.05, 0.1) is 17.6 Å². The Hall–Kier alpha value is -1.36. The molecule has 0 heterocycles. The van der Waals surface area contributed by atoms with Crippen LogP contribution in [0, 0.1) is 0 Å². The van der Waals surface area contributed by atoms with Gasteiger partial charge in [0.1, 0.15) is 0 Å². The minimum Gasteiger partial charge on any atom is -0.465 e. The van der Waals surface area contributed by atoms with Gasteiger partial charge in [0.2, 0.25) is 0 Å². The molecule has 1 aromatic rings. The highest BCUT2D eigenvalue weighted by atomic mass is 32.2. The summed E-state index contributed by atoms with van der Waals surface area (Å²) in [5.41, 5.74) is 2.00. The van der Waals surface area contributed by atoms with Crippen LogP contribution in [0.1, 0.15) is 61.0 Å². The normalized spacial score (nSPS) is 11.5. The molecule has 0 aliphatic heterocycles. The Kier molecular flexibility index (Phi) is 7.07. The average Bonchev–Trinajstić information content (AvgIpc) is 2.49. The highest BCUT2D eigenvalue weighted by molar-refractivity contribution is 7.90. The number of carbonyl (C=O) groups excluding carboxylic acids is 1. The van der Waals surface area contributed by atoms with Crippen molar-refractivity contribution in [3.63, 3.8) is 0 Å². The van der Waals surface area contributed by atoms with Crippen LogP contribution in [-0.4, -0.2) is 27.8 Å². The van der Waals surface area contributed by atoms with Crippen molar-refractivity contribution >= 4 is 15.8 Å². The van der Waals surface area contributed by atoms with Gasteiger partial charge in [-0.1, -0.05) is 39.2 Å². The molecule has 0 bridgehead atoms. The Labute approximate surface area is 133 Å². The summed E-state index contributed by atoms with van der Waals surface area (Å²) in [5.74, 6) is -0.487. The van der Waals surface area contributed by atoms with Crippen LogP contribution in [0.5, 0.6) is 0 Å². The van der Waals surface area contributed by atoms with E-state index < -0.39 is 15.8 Å². The zero-order valence-electron chi connectivity index (χ0n) is 13.9. The molecule has 0 aliphatic rings. The van der Waals surface area contributed by atoms with Gasteiger partial charge in [-0.2, -0.15) is 0 Å². The van der Waals surface area contributed by atoms with E-state index in [4.69, 9.17) is 4.74 Å². The van der Waals surface area contributed by atoms with Gasteiger partial charge in [0, 0.05) is 6.26 Å². The Morgan fingerprint density at radius 2 is 1.77 bits per heavy atom. The van der Waals surface area contributed by atoms with E-state index in [1.54, 1.807) is 0 Å². The zero-order valence-corrected chi connectivity index (χ0v) is 14.8. The highest BCUT2D eigenvalue weighted by Gasteiger charge is 2.20. The van der Waals surface area contributed by atoms with E-state index in [1.807, 2.05) is 13.0 Å². The number of unbranched alkanes of at least 4 members (excludes halogenated alkanes) is 3. The van der Waals surface area contributed by atoms with E-state index in [2.05, 4.69) is 6.92 Å². The largest absolute Gasteiger partial charge is 0.465 e. The molecule has 0 amide bonds. The van der Waals surface area contributed by atoms with Gasteiger partial charge >= 0.3 is 5.97 Å². The number of hydrogen-bond acceptors (Lipinski definition) is 4. The molecule has 0 radical (unpaired) electrons. The average molecular weight is 326 g/mol. The maximum absolute atomic E-state index is 12.1. The predicted molar refractivity (Wildman–Crippen MR) is 88.1 cm³/mol. The molecule has 1 aromatic carbocycles. The lowest BCUT2D eigenvalue weighted by Crippen LogP contribution is -2.11. The first-order valence-corrected chi connectivity index (χ1v) is 9.68. The lowest BCUT2D eigenvalue weighted by molar-refractivity contribution is 0.0599. The van der Waals surface area contributed by atoms with Crippen LogP contribution in [0.25, 0.3) is 0 Å². The Morgan fingerprint density at radius 1 is 1.09 bits per heavy atom. The fourth-order valence-electron chi connectivity index (χ4n) is 2.55. The topological polar surface area (TPSA) is 60.4 Å². The summed E-state index contributed by atoms with van der Waals surface area (Å²) in [7, 11) is -2.07. The molecule has 1 rings (SSSR count). The van der Waals surface area contributed by atoms with Gasteiger partial charge in [-0.3, -0.25) is 0 Å². The summed E-state index contributed by atoms with van der Waals surface area (Å²) in [5, 5.41) is 0. The second-order valence-electron chi connectivity index (χ2n) is 5.55. The van der Waals surface area contributed by atoms with E-state index in [0.717, 1.165) is 43.2 Å². The molecule has 4 nitrogen and oxygen atoms in total. The van der Waals surface area contributed by atoms with E-state index in [-0.39, 0.29) is 4.90 Å². The molecular formula is C17H26O4S. The summed E-state index contributed by atoms with van der Waals surface area (Å²) in [6, 6.07) is 3.34. The second kappa shape index (κ2) is 8.32. The van der Waals surface area contributed by atoms with E-state index in [9.17, 15) is 13.2 Å². The van der Waals surface area contributed by atoms with Crippen LogP contribution < -0.4 is 0 Å². The SMILES string of the molecule is CCCCCCc1cc(CC)c(C(=O)OC)cc1S(C)(=O)=O. The maximum atomic E-state index is 12.1. The zero-order chi connectivity index (χ0) is 16.8. The summed E-state index contributed by atoms with van der Waals surface area (Å²) in [6.45, 7) is 4.09. The molecule has 0 fully saturated rings. The fourth-order valence-corrected chi connectivity index (χ4v) is 3.52. The summed E-state index contributed by atoms with van der Waals surface area (Å²) in [4.78, 5) is 12.1. The number of sulfone groups is 1. The smallest absolute Gasteiger partial charge is 0.338 e. The van der Waals surface area contributed by atoms with Crippen molar-refractivity contribution in [2.75, 3.05) is 13.4 Å². The van der Waals surface area contributed by atoms with Crippen LogP contribution in [0.3, 0.4) is 0 Å². The van der Waals surface area contributed by atoms with Crippen molar-refractivity contribution in [2.24, 2.45) is 0 Å². The Balaban J connectivity index is 3.26. The number of esters is 1. The van der Waals surface area contributed by atoms with E-state index in [1.165, 1.54) is 19.4 Å². The van der Waals surface area contributed by atoms with Gasteiger partial charge in [0.25, 0.3) is 0 Å². The number of rotatable bonds is 8. The first-order chi connectivity index (χ1) is 10.3. The van der Waals surface area contributed by atoms with Crippen molar-refractivity contribution in [2.45, 2.75) is 57.3 Å². The molecule has 0 aliphatic carbocycles. The first kappa shape index (κ1) is 18.7. The molecule has 0 unspecified atom stereocenters. The van der Waals surface area contributed by atoms with Gasteiger partial charge < -0.3 is 4.74 Å². The molecule has 0 aromatic heterocycles. The maximum Gasteiger partial charge on any atom is 0.338 e. The number of benzene rings is 1. The predicted octanol–water partition coefficient (Wildman–Crippen LogP) is 3.56. The molecule has 0 saturated carbocycles. The van der Waals surface area contributed by atoms with Crippen molar-refractivity contribution < 1.29 is 17.9 Å². The van der Waals surface area contributed by atoms with Crippen molar-refractivity contribution in [3.05, 3.63) is 28.8 Å². The minimum atomic E-state index is -3.37. The van der Waals surface area contributed by atoms with Crippen LogP contribution in [0.2, 0.25) is 0 Å². The summed E-state index contributed by atoms with van der Waals surface area (Å²) < 4.78 is 28.9. The van der Waals surface area contributed by atoms with Gasteiger partial charge in [-0.15, -0.1) is 0 Å². The number of carbonyl (C=O) groups is 1. The Bertz CT molecular complexity index is 618. The standard InChI is InChI=1S/C17H26O4S/c1-5-7-8-9-10-14-11-13(6-2)15(17(18)21-3)12-16(14)22(4,19)20/h11-12H,5-10H2,1-4H3. The molecule has 5 heteroatoms. The Morgan fingerprint density at radius 3 is 2.27 bits per heavy atom. The number of aryl methyl sites for hydroxylation is 2. The van der Waals surface area contributed by atoms with E-state index in [0.29, 0.717) is 12.0 Å². The van der Waals surface area contributed by atoms with Crippen LogP contribution in [0.4, 0.5) is 0 Å². The molecule has 0 atom stereocenters. The monoisotopic (exact) mass is 326 g/mol. The lowest BCUT2D eigenvalue weighted by Gasteiger charge is -2.14. The fraction of sp³-hybridized carbons (Fsp3) is 0.588. The molecule has 0 saturated heterocycles. The van der Waals surface area contributed by atoms with Crippen LogP contribution in [-0.2, 0) is 27.4 Å². The minimum absolute atomic E-state index is 0.251. The van der Waals surface area contributed by atoms with Crippen LogP contribution in [0.15, 0.2) is 17.0 Å². The third-order valence-corrected chi connectivity index (χ3v) is 4.95. The molecule has 0 spiro atoms. The number of ether oxygens (including phenoxy) is 1. The lowest BCUT2D eigenvalue weighted by atomic mass is 9.98. The quantitative estimate of drug-likeness (QED) is 0.541. The third kappa shape index (κ3) is 4.83. The molecule has 22 heavy (non-hydrogen) atoms.